The number of cyclic esters (lactones) is 1. The Hall–Kier alpha value is -3.74. The maximum Gasteiger partial charge on any atom is 0.358 e. The Morgan fingerprint density at radius 2 is 1.35 bits per heavy atom. The van der Waals surface area contributed by atoms with Gasteiger partial charge in [-0.1, -0.05) is 19.4 Å². The molecule has 1 aliphatic heterocycles. The van der Waals surface area contributed by atoms with Crippen LogP contribution < -0.4 is 19.3 Å². The van der Waals surface area contributed by atoms with Gasteiger partial charge in [0.05, 0.1) is 13.2 Å². The highest BCUT2D eigenvalue weighted by atomic mass is 16.6. The third-order valence-electron chi connectivity index (χ3n) is 7.63. The molecule has 1 unspecified atom stereocenters. The molecule has 7 nitrogen and oxygen atoms in total. The number of nitrogens with zero attached hydrogens (tertiary/aromatic N) is 3. The molecule has 0 amide bonds. The van der Waals surface area contributed by atoms with E-state index < -0.39 is 11.6 Å². The molecule has 0 fully saturated rings. The first-order valence-electron chi connectivity index (χ1n) is 14.7. The fourth-order valence-electron chi connectivity index (χ4n) is 5.54. The van der Waals surface area contributed by atoms with Crippen molar-refractivity contribution in [2.45, 2.75) is 60.0 Å². The van der Waals surface area contributed by atoms with Crippen molar-refractivity contribution in [2.75, 3.05) is 49.2 Å². The number of rotatable bonds is 14. The van der Waals surface area contributed by atoms with Crippen LogP contribution in [0.3, 0.4) is 0 Å². The minimum atomic E-state index is -1.28. The standard InChI is InChI=1S/C33H43N3O4/c1-7-13-21-39-30-23-25(36(10-4)11-5)17-19-27(30)33(28-15-14-20-34-31(28)32(37)40-33)26-18-16-24(35(8-2)9-3)22-29(26)38-12-6/h14-20,22-23H,7-13,21H2,1-6H3. The van der Waals surface area contributed by atoms with E-state index in [1.807, 2.05) is 31.2 Å². The maximum absolute atomic E-state index is 13.4. The number of hydrogen-bond acceptors (Lipinski definition) is 7. The topological polar surface area (TPSA) is 64.1 Å². The molecule has 40 heavy (non-hydrogen) atoms. The molecule has 1 atom stereocenters. The highest BCUT2D eigenvalue weighted by Crippen LogP contribution is 2.53. The molecule has 0 aliphatic carbocycles. The van der Waals surface area contributed by atoms with Crippen LogP contribution in [0.25, 0.3) is 0 Å². The quantitative estimate of drug-likeness (QED) is 0.163. The molecular weight excluding hydrogens is 502 g/mol. The lowest BCUT2D eigenvalue weighted by Gasteiger charge is -2.34. The number of carbonyl (C=O) groups is 1. The van der Waals surface area contributed by atoms with Gasteiger partial charge in [0, 0.05) is 72.6 Å². The summed E-state index contributed by atoms with van der Waals surface area (Å²) in [5.41, 5.74) is 3.35. The molecule has 1 aromatic heterocycles. The molecule has 0 radical (unpaired) electrons. The fourth-order valence-corrected chi connectivity index (χ4v) is 5.54. The molecule has 3 aromatic rings. The van der Waals surface area contributed by atoms with E-state index in [9.17, 15) is 4.79 Å². The first-order chi connectivity index (χ1) is 19.5. The van der Waals surface area contributed by atoms with E-state index in [1.54, 1.807) is 6.20 Å². The Labute approximate surface area is 239 Å². The van der Waals surface area contributed by atoms with Crippen molar-refractivity contribution in [3.8, 4) is 11.5 Å². The van der Waals surface area contributed by atoms with Gasteiger partial charge in [0.1, 0.15) is 11.5 Å². The minimum absolute atomic E-state index is 0.310. The molecule has 0 saturated heterocycles. The average Bonchev–Trinajstić information content (AvgIpc) is 3.28. The van der Waals surface area contributed by atoms with Crippen molar-refractivity contribution in [3.05, 3.63) is 77.1 Å². The Kier molecular flexibility index (Phi) is 9.56. The molecule has 2 heterocycles. The summed E-state index contributed by atoms with van der Waals surface area (Å²) in [5.74, 6) is 0.902. The highest BCUT2D eigenvalue weighted by Gasteiger charge is 2.52. The number of anilines is 2. The van der Waals surface area contributed by atoms with E-state index in [4.69, 9.17) is 14.2 Å². The summed E-state index contributed by atoms with van der Waals surface area (Å²) in [6, 6.07) is 16.1. The molecule has 4 rings (SSSR count). The van der Waals surface area contributed by atoms with Crippen LogP contribution in [0.15, 0.2) is 54.7 Å². The van der Waals surface area contributed by atoms with Crippen molar-refractivity contribution >= 4 is 17.3 Å². The number of carbonyl (C=O) groups excluding carboxylic acids is 1. The van der Waals surface area contributed by atoms with Gasteiger partial charge in [0.25, 0.3) is 0 Å². The van der Waals surface area contributed by atoms with Gasteiger partial charge >= 0.3 is 5.97 Å². The minimum Gasteiger partial charge on any atom is -0.493 e. The predicted octanol–water partition coefficient (Wildman–Crippen LogP) is 6.81. The third-order valence-corrected chi connectivity index (χ3v) is 7.63. The molecule has 1 aliphatic rings. The van der Waals surface area contributed by atoms with Crippen molar-refractivity contribution < 1.29 is 19.0 Å². The smallest absolute Gasteiger partial charge is 0.358 e. The van der Waals surface area contributed by atoms with Crippen LogP contribution in [0, 0.1) is 0 Å². The summed E-state index contributed by atoms with van der Waals surface area (Å²) < 4.78 is 19.2. The van der Waals surface area contributed by atoms with E-state index in [0.29, 0.717) is 36.0 Å². The van der Waals surface area contributed by atoms with Gasteiger partial charge < -0.3 is 24.0 Å². The van der Waals surface area contributed by atoms with Crippen LogP contribution in [-0.2, 0) is 10.3 Å². The summed E-state index contributed by atoms with van der Waals surface area (Å²) in [6.07, 6.45) is 3.56. The van der Waals surface area contributed by atoms with Crippen LogP contribution in [0.5, 0.6) is 11.5 Å². The van der Waals surface area contributed by atoms with Crippen LogP contribution in [0.1, 0.15) is 81.6 Å². The number of ether oxygens (including phenoxy) is 3. The van der Waals surface area contributed by atoms with E-state index in [-0.39, 0.29) is 0 Å². The van der Waals surface area contributed by atoms with Crippen molar-refractivity contribution in [2.24, 2.45) is 0 Å². The summed E-state index contributed by atoms with van der Waals surface area (Å²) in [6.45, 7) is 17.2. The number of pyridine rings is 1. The number of hydrogen-bond donors (Lipinski definition) is 0. The van der Waals surface area contributed by atoms with Gasteiger partial charge in [0.2, 0.25) is 0 Å². The fraction of sp³-hybridized carbons (Fsp3) is 0.455. The molecule has 0 saturated carbocycles. The van der Waals surface area contributed by atoms with Gasteiger partial charge in [-0.3, -0.25) is 0 Å². The third kappa shape index (κ3) is 5.34. The zero-order valence-corrected chi connectivity index (χ0v) is 24.8. The van der Waals surface area contributed by atoms with E-state index in [0.717, 1.165) is 61.5 Å². The predicted molar refractivity (Wildman–Crippen MR) is 161 cm³/mol. The normalized spacial score (nSPS) is 15.9. The van der Waals surface area contributed by atoms with Crippen LogP contribution in [0.2, 0.25) is 0 Å². The first-order valence-corrected chi connectivity index (χ1v) is 14.7. The van der Waals surface area contributed by atoms with E-state index in [2.05, 4.69) is 73.7 Å². The molecule has 214 valence electrons. The summed E-state index contributed by atoms with van der Waals surface area (Å²) in [5, 5.41) is 0. The van der Waals surface area contributed by atoms with Crippen LogP contribution in [0.4, 0.5) is 11.4 Å². The summed E-state index contributed by atoms with van der Waals surface area (Å²) in [7, 11) is 0. The second kappa shape index (κ2) is 13.1. The molecule has 0 N–H and O–H groups in total. The molecule has 0 bridgehead atoms. The van der Waals surface area contributed by atoms with Gasteiger partial charge in [-0.05, 0) is 71.4 Å². The monoisotopic (exact) mass is 545 g/mol. The molecule has 7 heteroatoms. The second-order valence-corrected chi connectivity index (χ2v) is 9.81. The maximum atomic E-state index is 13.4. The number of benzene rings is 2. The Morgan fingerprint density at radius 3 is 1.88 bits per heavy atom. The first kappa shape index (κ1) is 29.2. The van der Waals surface area contributed by atoms with E-state index in [1.165, 1.54) is 0 Å². The Bertz CT molecular complexity index is 1300. The summed E-state index contributed by atoms with van der Waals surface area (Å²) in [4.78, 5) is 22.4. The Morgan fingerprint density at radius 1 is 0.775 bits per heavy atom. The number of unbranched alkanes of at least 4 members (excludes halogenated alkanes) is 1. The van der Waals surface area contributed by atoms with Gasteiger partial charge in [0.15, 0.2) is 11.3 Å². The van der Waals surface area contributed by atoms with Gasteiger partial charge in [-0.25, -0.2) is 9.78 Å². The number of esters is 1. The molecule has 2 aromatic carbocycles. The van der Waals surface area contributed by atoms with Gasteiger partial charge in [-0.15, -0.1) is 0 Å². The largest absolute Gasteiger partial charge is 0.493 e. The van der Waals surface area contributed by atoms with Gasteiger partial charge in [-0.2, -0.15) is 0 Å². The van der Waals surface area contributed by atoms with Crippen molar-refractivity contribution in [3.63, 3.8) is 0 Å². The highest BCUT2D eigenvalue weighted by molar-refractivity contribution is 5.95. The Balaban J connectivity index is 2.03. The number of aromatic nitrogens is 1. The molecule has 0 spiro atoms. The SMILES string of the molecule is CCCCOc1cc(N(CC)CC)ccc1C1(c2ccc(N(CC)CC)cc2OCC)OC(=O)c2ncccc21. The van der Waals surface area contributed by atoms with Crippen molar-refractivity contribution in [1.82, 2.24) is 4.98 Å². The zero-order valence-electron chi connectivity index (χ0n) is 24.8. The molecular formula is C33H43N3O4. The lowest BCUT2D eigenvalue weighted by atomic mass is 9.79. The van der Waals surface area contributed by atoms with Crippen LogP contribution >= 0.6 is 0 Å². The lowest BCUT2D eigenvalue weighted by molar-refractivity contribution is 0.0233. The summed E-state index contributed by atoms with van der Waals surface area (Å²) >= 11 is 0. The zero-order chi connectivity index (χ0) is 28.7. The van der Waals surface area contributed by atoms with Crippen molar-refractivity contribution in [1.29, 1.82) is 0 Å². The second-order valence-electron chi connectivity index (χ2n) is 9.81. The van der Waals surface area contributed by atoms with Crippen LogP contribution in [-0.4, -0.2) is 50.3 Å². The average molecular weight is 546 g/mol. The lowest BCUT2D eigenvalue weighted by Crippen LogP contribution is -2.32. The number of fused-ring (bicyclic) bond motifs is 1. The van der Waals surface area contributed by atoms with E-state index >= 15 is 0 Å².